The Morgan fingerprint density at radius 2 is 2.24 bits per heavy atom. The number of carbonyl (C=O) groups excluding carboxylic acids is 2. The van der Waals surface area contributed by atoms with E-state index >= 15 is 0 Å². The van der Waals surface area contributed by atoms with Gasteiger partial charge in [-0.15, -0.1) is 0 Å². The fourth-order valence-corrected chi connectivity index (χ4v) is 3.53. The normalized spacial score (nSPS) is 17.4. The average Bonchev–Trinajstić information content (AvgIpc) is 2.88. The molecule has 1 fully saturated rings. The number of piperidine rings is 1. The summed E-state index contributed by atoms with van der Waals surface area (Å²) in [6.45, 7) is 5.59. The lowest BCUT2D eigenvalue weighted by Crippen LogP contribution is -2.50. The molecule has 2 heterocycles. The molecule has 0 aliphatic carbocycles. The number of hydrogen-bond acceptors (Lipinski definition) is 3. The number of carbonyl (C=O) groups is 2. The molecule has 6 nitrogen and oxygen atoms in total. The number of nitrogens with one attached hydrogen (secondary N) is 2. The Bertz CT molecular complexity index is 810. The number of nitrogens with zero attached hydrogens (tertiary/aromatic N) is 1. The summed E-state index contributed by atoms with van der Waals surface area (Å²) in [5.74, 6) is 0.408. The highest BCUT2D eigenvalue weighted by Crippen LogP contribution is 2.30. The van der Waals surface area contributed by atoms with E-state index in [2.05, 4.69) is 22.1 Å². The third kappa shape index (κ3) is 3.21. The SMILES string of the molecule is CCCn1c(C)c(C(=O)N[C@H]2CCCNC2=O)c2cc(OC)ccc21. The van der Waals surface area contributed by atoms with E-state index in [1.807, 2.05) is 25.1 Å². The number of aromatic nitrogens is 1. The number of benzene rings is 1. The maximum Gasteiger partial charge on any atom is 0.254 e. The summed E-state index contributed by atoms with van der Waals surface area (Å²) in [5.41, 5.74) is 2.55. The van der Waals surface area contributed by atoms with Crippen LogP contribution in [0.4, 0.5) is 0 Å². The number of fused-ring (bicyclic) bond motifs is 1. The monoisotopic (exact) mass is 343 g/mol. The van der Waals surface area contributed by atoms with Crippen LogP contribution < -0.4 is 15.4 Å². The van der Waals surface area contributed by atoms with Gasteiger partial charge in [-0.05, 0) is 44.4 Å². The zero-order valence-corrected chi connectivity index (χ0v) is 15.0. The molecular formula is C19H25N3O3. The lowest BCUT2D eigenvalue weighted by Gasteiger charge is -2.22. The van der Waals surface area contributed by atoms with Crippen LogP contribution in [-0.4, -0.2) is 36.1 Å². The first-order valence-corrected chi connectivity index (χ1v) is 8.82. The van der Waals surface area contributed by atoms with Gasteiger partial charge in [0, 0.05) is 29.7 Å². The first-order chi connectivity index (χ1) is 12.1. The van der Waals surface area contributed by atoms with Gasteiger partial charge in [0.25, 0.3) is 5.91 Å². The number of rotatable bonds is 5. The molecule has 0 radical (unpaired) electrons. The minimum atomic E-state index is -0.462. The maximum absolute atomic E-state index is 13.0. The third-order valence-electron chi connectivity index (χ3n) is 4.80. The molecular weight excluding hydrogens is 318 g/mol. The van der Waals surface area contributed by atoms with Crippen LogP contribution >= 0.6 is 0 Å². The van der Waals surface area contributed by atoms with E-state index in [-0.39, 0.29) is 11.8 Å². The van der Waals surface area contributed by atoms with Gasteiger partial charge < -0.3 is 19.9 Å². The number of methoxy groups -OCH3 is 1. The van der Waals surface area contributed by atoms with E-state index < -0.39 is 6.04 Å². The molecule has 1 aromatic heterocycles. The van der Waals surface area contributed by atoms with Crippen molar-refractivity contribution in [1.29, 1.82) is 0 Å². The van der Waals surface area contributed by atoms with Crippen LogP contribution in [0, 0.1) is 6.92 Å². The van der Waals surface area contributed by atoms with Crippen LogP contribution in [0.25, 0.3) is 10.9 Å². The second-order valence-electron chi connectivity index (χ2n) is 6.45. The molecule has 0 saturated carbocycles. The second kappa shape index (κ2) is 7.17. The number of hydrogen-bond donors (Lipinski definition) is 2. The molecule has 6 heteroatoms. The van der Waals surface area contributed by atoms with Gasteiger partial charge in [0.2, 0.25) is 5.91 Å². The summed E-state index contributed by atoms with van der Waals surface area (Å²) in [7, 11) is 1.61. The lowest BCUT2D eigenvalue weighted by molar-refractivity contribution is -0.124. The van der Waals surface area contributed by atoms with Crippen LogP contribution in [0.3, 0.4) is 0 Å². The van der Waals surface area contributed by atoms with Crippen molar-refractivity contribution in [3.63, 3.8) is 0 Å². The maximum atomic E-state index is 13.0. The van der Waals surface area contributed by atoms with Gasteiger partial charge >= 0.3 is 0 Å². The van der Waals surface area contributed by atoms with E-state index in [1.54, 1.807) is 7.11 Å². The first-order valence-electron chi connectivity index (χ1n) is 8.82. The molecule has 2 N–H and O–H groups in total. The molecule has 1 aliphatic rings. The van der Waals surface area contributed by atoms with Gasteiger partial charge in [0.1, 0.15) is 11.8 Å². The summed E-state index contributed by atoms with van der Waals surface area (Å²) in [6.07, 6.45) is 2.53. The lowest BCUT2D eigenvalue weighted by atomic mass is 10.0. The van der Waals surface area contributed by atoms with Crippen LogP contribution in [0.1, 0.15) is 42.2 Å². The predicted octanol–water partition coefficient (Wildman–Crippen LogP) is 2.38. The van der Waals surface area contributed by atoms with Gasteiger partial charge in [-0.2, -0.15) is 0 Å². The Kier molecular flexibility index (Phi) is 4.97. The molecule has 25 heavy (non-hydrogen) atoms. The van der Waals surface area contributed by atoms with Crippen molar-refractivity contribution in [3.8, 4) is 5.75 Å². The van der Waals surface area contributed by atoms with Crippen molar-refractivity contribution < 1.29 is 14.3 Å². The minimum absolute atomic E-state index is 0.105. The third-order valence-corrected chi connectivity index (χ3v) is 4.80. The highest BCUT2D eigenvalue weighted by atomic mass is 16.5. The highest BCUT2D eigenvalue weighted by molar-refractivity contribution is 6.09. The van der Waals surface area contributed by atoms with E-state index in [0.717, 1.165) is 36.0 Å². The molecule has 134 valence electrons. The Hall–Kier alpha value is -2.50. The van der Waals surface area contributed by atoms with E-state index in [4.69, 9.17) is 4.74 Å². The molecule has 1 atom stereocenters. The van der Waals surface area contributed by atoms with Gasteiger partial charge in [-0.1, -0.05) is 6.92 Å². The molecule has 0 bridgehead atoms. The van der Waals surface area contributed by atoms with Crippen molar-refractivity contribution >= 4 is 22.7 Å². The molecule has 2 amide bonds. The number of aryl methyl sites for hydroxylation is 1. The standard InChI is InChI=1S/C19H25N3O3/c1-4-10-22-12(2)17(14-11-13(25-3)7-8-16(14)22)19(24)21-15-6-5-9-20-18(15)23/h7-8,11,15H,4-6,9-10H2,1-3H3,(H,20,23)(H,21,24)/t15-/m0/s1. The summed E-state index contributed by atoms with van der Waals surface area (Å²) in [5, 5.41) is 6.57. The summed E-state index contributed by atoms with van der Waals surface area (Å²) in [4.78, 5) is 24.9. The summed E-state index contributed by atoms with van der Waals surface area (Å²) < 4.78 is 7.49. The molecule has 1 aromatic carbocycles. The van der Waals surface area contributed by atoms with Gasteiger partial charge in [-0.25, -0.2) is 0 Å². The van der Waals surface area contributed by atoms with Gasteiger partial charge in [0.05, 0.1) is 12.7 Å². The first kappa shape index (κ1) is 17.3. The minimum Gasteiger partial charge on any atom is -0.497 e. The van der Waals surface area contributed by atoms with Crippen molar-refractivity contribution in [3.05, 3.63) is 29.5 Å². The Labute approximate surface area is 147 Å². The Morgan fingerprint density at radius 3 is 2.92 bits per heavy atom. The highest BCUT2D eigenvalue weighted by Gasteiger charge is 2.27. The van der Waals surface area contributed by atoms with Crippen molar-refractivity contribution in [1.82, 2.24) is 15.2 Å². The molecule has 0 spiro atoms. The fraction of sp³-hybridized carbons (Fsp3) is 0.474. The molecule has 3 rings (SSSR count). The zero-order valence-electron chi connectivity index (χ0n) is 15.0. The van der Waals surface area contributed by atoms with Crippen molar-refractivity contribution in [2.45, 2.75) is 45.7 Å². The van der Waals surface area contributed by atoms with E-state index in [1.165, 1.54) is 0 Å². The molecule has 0 unspecified atom stereocenters. The summed E-state index contributed by atoms with van der Waals surface area (Å²) in [6, 6.07) is 5.32. The van der Waals surface area contributed by atoms with Gasteiger partial charge in [0.15, 0.2) is 0 Å². The van der Waals surface area contributed by atoms with Gasteiger partial charge in [-0.3, -0.25) is 9.59 Å². The van der Waals surface area contributed by atoms with Crippen LogP contribution in [-0.2, 0) is 11.3 Å². The zero-order chi connectivity index (χ0) is 18.0. The van der Waals surface area contributed by atoms with Crippen LogP contribution in [0.5, 0.6) is 5.75 Å². The average molecular weight is 343 g/mol. The van der Waals surface area contributed by atoms with Crippen LogP contribution in [0.2, 0.25) is 0 Å². The van der Waals surface area contributed by atoms with Crippen molar-refractivity contribution in [2.24, 2.45) is 0 Å². The number of ether oxygens (including phenoxy) is 1. The molecule has 1 aliphatic heterocycles. The Balaban J connectivity index is 2.02. The molecule has 2 aromatic rings. The second-order valence-corrected chi connectivity index (χ2v) is 6.45. The van der Waals surface area contributed by atoms with E-state index in [9.17, 15) is 9.59 Å². The molecule has 1 saturated heterocycles. The largest absolute Gasteiger partial charge is 0.497 e. The number of amides is 2. The van der Waals surface area contributed by atoms with Crippen molar-refractivity contribution in [2.75, 3.05) is 13.7 Å². The summed E-state index contributed by atoms with van der Waals surface area (Å²) >= 11 is 0. The topological polar surface area (TPSA) is 72.4 Å². The smallest absolute Gasteiger partial charge is 0.254 e. The fourth-order valence-electron chi connectivity index (χ4n) is 3.53. The predicted molar refractivity (Wildman–Crippen MR) is 97.0 cm³/mol. The quantitative estimate of drug-likeness (QED) is 0.875. The van der Waals surface area contributed by atoms with Crippen LogP contribution in [0.15, 0.2) is 18.2 Å². The Morgan fingerprint density at radius 1 is 1.44 bits per heavy atom. The van der Waals surface area contributed by atoms with E-state index in [0.29, 0.717) is 24.3 Å².